The largest absolute Gasteiger partial charge is 0.377 e. The van der Waals surface area contributed by atoms with E-state index in [1.807, 2.05) is 4.57 Å². The summed E-state index contributed by atoms with van der Waals surface area (Å²) in [5.74, 6) is 0.338. The first kappa shape index (κ1) is 14.6. The Morgan fingerprint density at radius 2 is 2.18 bits per heavy atom. The van der Waals surface area contributed by atoms with Gasteiger partial charge in [-0.3, -0.25) is 4.79 Å². The van der Waals surface area contributed by atoms with Crippen molar-refractivity contribution in [1.82, 2.24) is 19.7 Å². The van der Waals surface area contributed by atoms with Gasteiger partial charge in [-0.25, -0.2) is 4.39 Å². The quantitative estimate of drug-likeness (QED) is 0.832. The van der Waals surface area contributed by atoms with Crippen molar-refractivity contribution >= 4 is 5.91 Å². The highest BCUT2D eigenvalue weighted by Gasteiger charge is 2.33. The number of rotatable bonds is 5. The standard InChI is InChI=1S/C15H17FN4O2/c1-22-9-14-18-17-10-20(14)12-7-19(8-12)15(21)6-11-4-2-3-5-13(11)16/h2-5,10,12H,6-9H2,1H3. The number of carbonyl (C=O) groups is 1. The summed E-state index contributed by atoms with van der Waals surface area (Å²) in [6.07, 6.45) is 1.74. The molecule has 3 rings (SSSR count). The Balaban J connectivity index is 1.58. The van der Waals surface area contributed by atoms with Crippen molar-refractivity contribution < 1.29 is 13.9 Å². The van der Waals surface area contributed by atoms with Crippen LogP contribution in [-0.4, -0.2) is 45.8 Å². The monoisotopic (exact) mass is 304 g/mol. The maximum Gasteiger partial charge on any atom is 0.227 e. The van der Waals surface area contributed by atoms with E-state index in [1.165, 1.54) is 6.07 Å². The molecule has 7 heteroatoms. The Morgan fingerprint density at radius 1 is 1.41 bits per heavy atom. The summed E-state index contributed by atoms with van der Waals surface area (Å²) in [7, 11) is 1.60. The highest BCUT2D eigenvalue weighted by Crippen LogP contribution is 2.23. The zero-order valence-electron chi connectivity index (χ0n) is 12.3. The average Bonchev–Trinajstić information content (AvgIpc) is 2.88. The number of ether oxygens (including phenoxy) is 1. The van der Waals surface area contributed by atoms with Crippen LogP contribution in [0.3, 0.4) is 0 Å². The van der Waals surface area contributed by atoms with Crippen LogP contribution in [0, 0.1) is 5.82 Å². The molecule has 0 unspecified atom stereocenters. The summed E-state index contributed by atoms with van der Waals surface area (Å²) < 4.78 is 20.6. The minimum atomic E-state index is -0.339. The summed E-state index contributed by atoms with van der Waals surface area (Å²) in [5, 5.41) is 7.87. The smallest absolute Gasteiger partial charge is 0.227 e. The predicted octanol–water partition coefficient (Wildman–Crippen LogP) is 1.19. The van der Waals surface area contributed by atoms with E-state index in [0.717, 1.165) is 5.82 Å². The Hall–Kier alpha value is -2.28. The van der Waals surface area contributed by atoms with Gasteiger partial charge in [0, 0.05) is 20.2 Å². The minimum absolute atomic E-state index is 0.0669. The van der Waals surface area contributed by atoms with Crippen LogP contribution in [-0.2, 0) is 22.6 Å². The lowest BCUT2D eigenvalue weighted by atomic mass is 10.1. The van der Waals surface area contributed by atoms with Crippen LogP contribution in [0.1, 0.15) is 17.4 Å². The molecule has 0 aliphatic carbocycles. The lowest BCUT2D eigenvalue weighted by Crippen LogP contribution is -2.51. The van der Waals surface area contributed by atoms with Gasteiger partial charge in [-0.15, -0.1) is 10.2 Å². The maximum atomic E-state index is 13.6. The molecule has 1 fully saturated rings. The molecule has 0 atom stereocenters. The predicted molar refractivity (Wildman–Crippen MR) is 76.5 cm³/mol. The lowest BCUT2D eigenvalue weighted by Gasteiger charge is -2.40. The third kappa shape index (κ3) is 2.85. The van der Waals surface area contributed by atoms with E-state index in [9.17, 15) is 9.18 Å². The molecule has 22 heavy (non-hydrogen) atoms. The normalized spacial score (nSPS) is 14.9. The van der Waals surface area contributed by atoms with E-state index in [1.54, 1.807) is 36.5 Å². The van der Waals surface area contributed by atoms with Crippen LogP contribution in [0.5, 0.6) is 0 Å². The fourth-order valence-electron chi connectivity index (χ4n) is 2.56. The third-order valence-corrected chi connectivity index (χ3v) is 3.83. The molecule has 2 aromatic rings. The first-order valence-electron chi connectivity index (χ1n) is 7.07. The number of aromatic nitrogens is 3. The first-order chi connectivity index (χ1) is 10.7. The molecular weight excluding hydrogens is 287 g/mol. The van der Waals surface area contributed by atoms with Crippen molar-refractivity contribution in [2.75, 3.05) is 20.2 Å². The molecule has 1 aromatic carbocycles. The van der Waals surface area contributed by atoms with Crippen LogP contribution in [0.15, 0.2) is 30.6 Å². The third-order valence-electron chi connectivity index (χ3n) is 3.83. The summed E-state index contributed by atoms with van der Waals surface area (Å²) in [6.45, 7) is 1.56. The minimum Gasteiger partial charge on any atom is -0.377 e. The maximum absolute atomic E-state index is 13.6. The Kier molecular flexibility index (Phi) is 4.15. The SMILES string of the molecule is COCc1nncn1C1CN(C(=O)Cc2ccccc2F)C1. The summed E-state index contributed by atoms with van der Waals surface area (Å²) >= 11 is 0. The zero-order valence-corrected chi connectivity index (χ0v) is 12.3. The van der Waals surface area contributed by atoms with E-state index in [4.69, 9.17) is 4.74 Å². The molecule has 1 aliphatic rings. The number of likely N-dealkylation sites (tertiary alicyclic amines) is 1. The van der Waals surface area contributed by atoms with Gasteiger partial charge in [-0.05, 0) is 11.6 Å². The van der Waals surface area contributed by atoms with Gasteiger partial charge < -0.3 is 14.2 Å². The van der Waals surface area contributed by atoms with E-state index in [-0.39, 0.29) is 24.2 Å². The second-order valence-electron chi connectivity index (χ2n) is 5.31. The lowest BCUT2D eigenvalue weighted by molar-refractivity contribution is -0.136. The molecule has 116 valence electrons. The van der Waals surface area contributed by atoms with Gasteiger partial charge in [-0.1, -0.05) is 18.2 Å². The fourth-order valence-corrected chi connectivity index (χ4v) is 2.56. The van der Waals surface area contributed by atoms with E-state index >= 15 is 0 Å². The Bertz CT molecular complexity index is 667. The molecule has 0 saturated carbocycles. The molecule has 1 amide bonds. The molecular formula is C15H17FN4O2. The van der Waals surface area contributed by atoms with Crippen LogP contribution >= 0.6 is 0 Å². The molecule has 0 radical (unpaired) electrons. The van der Waals surface area contributed by atoms with Gasteiger partial charge in [0.15, 0.2) is 5.82 Å². The second kappa shape index (κ2) is 6.23. The van der Waals surface area contributed by atoms with Crippen molar-refractivity contribution in [3.05, 3.63) is 47.8 Å². The van der Waals surface area contributed by atoms with Gasteiger partial charge in [0.25, 0.3) is 0 Å². The van der Waals surface area contributed by atoms with E-state index in [0.29, 0.717) is 25.3 Å². The number of hydrogen-bond acceptors (Lipinski definition) is 4. The Labute approximate surface area is 127 Å². The van der Waals surface area contributed by atoms with Crippen molar-refractivity contribution in [1.29, 1.82) is 0 Å². The zero-order chi connectivity index (χ0) is 15.5. The van der Waals surface area contributed by atoms with E-state index in [2.05, 4.69) is 10.2 Å². The molecule has 0 bridgehead atoms. The van der Waals surface area contributed by atoms with Gasteiger partial charge in [0.2, 0.25) is 5.91 Å². The summed E-state index contributed by atoms with van der Waals surface area (Å²) in [5.41, 5.74) is 0.431. The molecule has 2 heterocycles. The molecule has 0 N–H and O–H groups in total. The number of hydrogen-bond donors (Lipinski definition) is 0. The van der Waals surface area contributed by atoms with Crippen LogP contribution in [0.2, 0.25) is 0 Å². The Morgan fingerprint density at radius 3 is 2.91 bits per heavy atom. The van der Waals surface area contributed by atoms with Crippen molar-refractivity contribution in [2.24, 2.45) is 0 Å². The van der Waals surface area contributed by atoms with Crippen LogP contribution < -0.4 is 0 Å². The number of methoxy groups -OCH3 is 1. The number of amides is 1. The van der Waals surface area contributed by atoms with Crippen LogP contribution in [0.4, 0.5) is 4.39 Å². The van der Waals surface area contributed by atoms with Gasteiger partial charge in [-0.2, -0.15) is 0 Å². The highest BCUT2D eigenvalue weighted by atomic mass is 19.1. The first-order valence-corrected chi connectivity index (χ1v) is 7.07. The molecule has 1 aliphatic heterocycles. The highest BCUT2D eigenvalue weighted by molar-refractivity contribution is 5.79. The van der Waals surface area contributed by atoms with Gasteiger partial charge in [0.05, 0.1) is 12.5 Å². The summed E-state index contributed by atoms with van der Waals surface area (Å²) in [4.78, 5) is 13.9. The molecule has 1 saturated heterocycles. The van der Waals surface area contributed by atoms with Crippen molar-refractivity contribution in [2.45, 2.75) is 19.1 Å². The molecule has 1 aromatic heterocycles. The number of nitrogens with zero attached hydrogens (tertiary/aromatic N) is 4. The molecule has 0 spiro atoms. The number of carbonyl (C=O) groups excluding carboxylic acids is 1. The van der Waals surface area contributed by atoms with Crippen molar-refractivity contribution in [3.8, 4) is 0 Å². The van der Waals surface area contributed by atoms with Crippen molar-refractivity contribution in [3.63, 3.8) is 0 Å². The van der Waals surface area contributed by atoms with Gasteiger partial charge in [0.1, 0.15) is 18.8 Å². The van der Waals surface area contributed by atoms with Gasteiger partial charge >= 0.3 is 0 Å². The second-order valence-corrected chi connectivity index (χ2v) is 5.31. The fraction of sp³-hybridized carbons (Fsp3) is 0.400. The van der Waals surface area contributed by atoms with E-state index < -0.39 is 0 Å². The van der Waals surface area contributed by atoms with Crippen LogP contribution in [0.25, 0.3) is 0 Å². The number of halogens is 1. The topological polar surface area (TPSA) is 60.3 Å². The summed E-state index contributed by atoms with van der Waals surface area (Å²) in [6, 6.07) is 6.52. The molecule has 6 nitrogen and oxygen atoms in total. The average molecular weight is 304 g/mol. The number of benzene rings is 1.